The van der Waals surface area contributed by atoms with Gasteiger partial charge < -0.3 is 14.5 Å². The molecule has 2 aliphatic rings. The second kappa shape index (κ2) is 7.85. The Morgan fingerprint density at radius 3 is 2.84 bits per heavy atom. The molecule has 0 aromatic carbocycles. The second-order valence-electron chi connectivity index (χ2n) is 9.74. The molecular formula is C24H30N6O2. The zero-order valence-electron chi connectivity index (χ0n) is 19.2. The van der Waals surface area contributed by atoms with Crippen LogP contribution in [0.3, 0.4) is 0 Å². The first-order valence-corrected chi connectivity index (χ1v) is 11.3. The van der Waals surface area contributed by atoms with E-state index >= 15 is 0 Å². The van der Waals surface area contributed by atoms with Gasteiger partial charge in [0, 0.05) is 44.6 Å². The molecule has 8 nitrogen and oxygen atoms in total. The van der Waals surface area contributed by atoms with Crippen LogP contribution in [-0.2, 0) is 17.8 Å². The van der Waals surface area contributed by atoms with Gasteiger partial charge in [-0.2, -0.15) is 5.10 Å². The van der Waals surface area contributed by atoms with E-state index in [0.29, 0.717) is 30.3 Å². The van der Waals surface area contributed by atoms with E-state index in [-0.39, 0.29) is 17.6 Å². The summed E-state index contributed by atoms with van der Waals surface area (Å²) in [5.41, 5.74) is 3.48. The fraction of sp³-hybridized carbons (Fsp3) is 0.500. The van der Waals surface area contributed by atoms with E-state index < -0.39 is 0 Å². The minimum absolute atomic E-state index is 0.00523. The van der Waals surface area contributed by atoms with Crippen LogP contribution in [0.1, 0.15) is 49.2 Å². The lowest BCUT2D eigenvalue weighted by molar-refractivity contribution is -0.0402. The van der Waals surface area contributed by atoms with Gasteiger partial charge in [-0.15, -0.1) is 0 Å². The third kappa shape index (κ3) is 3.72. The molecule has 3 aromatic heterocycles. The molecular weight excluding hydrogens is 404 g/mol. The summed E-state index contributed by atoms with van der Waals surface area (Å²) < 4.78 is 7.57. The van der Waals surface area contributed by atoms with E-state index in [1.807, 2.05) is 23.4 Å². The number of pyridine rings is 1. The average molecular weight is 435 g/mol. The maximum absolute atomic E-state index is 13.5. The number of carbonyl (C=O) groups is 1. The molecule has 3 aromatic rings. The van der Waals surface area contributed by atoms with Crippen molar-refractivity contribution in [3.8, 4) is 0 Å². The van der Waals surface area contributed by atoms with Gasteiger partial charge in [0.25, 0.3) is 5.91 Å². The highest BCUT2D eigenvalue weighted by atomic mass is 16.5. The second-order valence-corrected chi connectivity index (χ2v) is 9.74. The molecule has 0 spiro atoms. The molecule has 0 unspecified atom stereocenters. The lowest BCUT2D eigenvalue weighted by Crippen LogP contribution is -2.57. The topological polar surface area (TPSA) is 75.9 Å². The predicted octanol–water partition coefficient (Wildman–Crippen LogP) is 2.96. The number of hydrogen-bond donors (Lipinski definition) is 0. The van der Waals surface area contributed by atoms with Gasteiger partial charge in [0.05, 0.1) is 24.4 Å². The molecule has 0 saturated carbocycles. The van der Waals surface area contributed by atoms with Crippen molar-refractivity contribution in [2.75, 3.05) is 24.5 Å². The normalized spacial score (nSPS) is 20.6. The van der Waals surface area contributed by atoms with Crippen molar-refractivity contribution in [2.45, 2.75) is 52.4 Å². The quantitative estimate of drug-likeness (QED) is 0.631. The summed E-state index contributed by atoms with van der Waals surface area (Å²) in [5, 5.41) is 4.30. The molecule has 0 bridgehead atoms. The van der Waals surface area contributed by atoms with Crippen molar-refractivity contribution in [1.29, 1.82) is 0 Å². The third-order valence-electron chi connectivity index (χ3n) is 6.59. The first kappa shape index (κ1) is 20.9. The van der Waals surface area contributed by atoms with Gasteiger partial charge in [-0.05, 0) is 43.0 Å². The number of anilines is 1. The highest BCUT2D eigenvalue weighted by Crippen LogP contribution is 2.31. The van der Waals surface area contributed by atoms with Crippen LogP contribution in [0.15, 0.2) is 36.9 Å². The lowest BCUT2D eigenvalue weighted by Gasteiger charge is -2.44. The highest BCUT2D eigenvalue weighted by Gasteiger charge is 2.35. The Morgan fingerprint density at radius 1 is 1.19 bits per heavy atom. The first-order chi connectivity index (χ1) is 15.3. The summed E-state index contributed by atoms with van der Waals surface area (Å²) in [6.07, 6.45) is 7.96. The summed E-state index contributed by atoms with van der Waals surface area (Å²) in [7, 11) is 0. The van der Waals surface area contributed by atoms with Gasteiger partial charge in [0.2, 0.25) is 0 Å². The highest BCUT2D eigenvalue weighted by molar-refractivity contribution is 6.00. The fourth-order valence-corrected chi connectivity index (χ4v) is 4.74. The van der Waals surface area contributed by atoms with E-state index in [0.717, 1.165) is 25.3 Å². The first-order valence-electron chi connectivity index (χ1n) is 11.3. The van der Waals surface area contributed by atoms with Gasteiger partial charge in [0.1, 0.15) is 11.4 Å². The van der Waals surface area contributed by atoms with Crippen LogP contribution in [0.2, 0.25) is 0 Å². The van der Waals surface area contributed by atoms with Crippen LogP contribution in [0.4, 0.5) is 5.82 Å². The van der Waals surface area contributed by atoms with E-state index in [4.69, 9.17) is 9.72 Å². The van der Waals surface area contributed by atoms with E-state index in [1.54, 1.807) is 16.9 Å². The Labute approximate surface area is 188 Å². The van der Waals surface area contributed by atoms with Crippen molar-refractivity contribution in [3.63, 3.8) is 0 Å². The molecule has 5 rings (SSSR count). The number of ether oxygens (including phenoxy) is 1. The molecule has 1 atom stereocenters. The van der Waals surface area contributed by atoms with Crippen molar-refractivity contribution < 1.29 is 9.53 Å². The Kier molecular flexibility index (Phi) is 5.12. The molecule has 2 aliphatic heterocycles. The van der Waals surface area contributed by atoms with E-state index in [9.17, 15) is 4.79 Å². The number of nitrogens with zero attached hydrogens (tertiary/aromatic N) is 6. The molecule has 0 N–H and O–H groups in total. The van der Waals surface area contributed by atoms with Gasteiger partial charge in [-0.3, -0.25) is 4.79 Å². The molecule has 0 aliphatic carbocycles. The lowest BCUT2D eigenvalue weighted by atomic mass is 9.92. The largest absolute Gasteiger partial charge is 0.370 e. The van der Waals surface area contributed by atoms with Crippen LogP contribution in [0, 0.1) is 5.92 Å². The van der Waals surface area contributed by atoms with Crippen molar-refractivity contribution in [3.05, 3.63) is 53.6 Å². The maximum atomic E-state index is 13.5. The Morgan fingerprint density at radius 2 is 2.03 bits per heavy atom. The number of carbonyl (C=O) groups excluding carboxylic acids is 1. The van der Waals surface area contributed by atoms with Gasteiger partial charge in [0.15, 0.2) is 5.65 Å². The minimum atomic E-state index is -0.153. The van der Waals surface area contributed by atoms with Crippen LogP contribution >= 0.6 is 0 Å². The zero-order chi connectivity index (χ0) is 22.5. The Hall–Kier alpha value is -3.00. The summed E-state index contributed by atoms with van der Waals surface area (Å²) in [6, 6.07) is 4.10. The van der Waals surface area contributed by atoms with Gasteiger partial charge in [-0.25, -0.2) is 14.5 Å². The molecule has 1 saturated heterocycles. The van der Waals surface area contributed by atoms with Crippen LogP contribution in [0.25, 0.3) is 5.65 Å². The molecule has 1 amide bonds. The maximum Gasteiger partial charge on any atom is 0.259 e. The zero-order valence-corrected chi connectivity index (χ0v) is 19.2. The monoisotopic (exact) mass is 434 g/mol. The third-order valence-corrected chi connectivity index (χ3v) is 6.59. The molecule has 1 fully saturated rings. The number of aromatic nitrogens is 4. The van der Waals surface area contributed by atoms with Gasteiger partial charge >= 0.3 is 0 Å². The minimum Gasteiger partial charge on any atom is -0.370 e. The Balaban J connectivity index is 1.39. The number of hydrogen-bond acceptors (Lipinski definition) is 6. The average Bonchev–Trinajstić information content (AvgIpc) is 3.21. The van der Waals surface area contributed by atoms with Crippen molar-refractivity contribution in [2.24, 2.45) is 5.92 Å². The number of piperazine rings is 1. The van der Waals surface area contributed by atoms with E-state index in [2.05, 4.69) is 48.7 Å². The summed E-state index contributed by atoms with van der Waals surface area (Å²) in [5.74, 6) is 1.28. The van der Waals surface area contributed by atoms with Gasteiger partial charge in [-0.1, -0.05) is 13.8 Å². The van der Waals surface area contributed by atoms with Crippen LogP contribution in [0.5, 0.6) is 0 Å². The molecule has 0 radical (unpaired) electrons. The molecule has 168 valence electrons. The van der Waals surface area contributed by atoms with E-state index in [1.165, 1.54) is 11.1 Å². The fourth-order valence-electron chi connectivity index (χ4n) is 4.74. The van der Waals surface area contributed by atoms with Crippen LogP contribution < -0.4 is 4.90 Å². The number of fused-ring (bicyclic) bond motifs is 2. The summed E-state index contributed by atoms with van der Waals surface area (Å²) >= 11 is 0. The standard InChI is InChI=1S/C24H30N6O2/c1-16(2)20-14-28(21-10-17-11-24(3,4)32-15-18(17)12-26-21)8-9-29(20)23(31)19-13-27-30-7-5-6-25-22(19)30/h5-7,10,12-13,16,20H,8-9,11,14-15H2,1-4H3/t20-/m0/s1. The van der Waals surface area contributed by atoms with Crippen LogP contribution in [-0.4, -0.2) is 61.7 Å². The molecule has 8 heteroatoms. The molecule has 5 heterocycles. The van der Waals surface area contributed by atoms with Crippen molar-refractivity contribution in [1.82, 2.24) is 24.5 Å². The Bertz CT molecular complexity index is 1150. The summed E-state index contributed by atoms with van der Waals surface area (Å²) in [6.45, 7) is 11.3. The predicted molar refractivity (Wildman–Crippen MR) is 122 cm³/mol. The smallest absolute Gasteiger partial charge is 0.259 e. The molecule has 32 heavy (non-hydrogen) atoms. The SMILES string of the molecule is CC(C)[C@@H]1CN(c2cc3c(cn2)COC(C)(C)C3)CCN1C(=O)c1cnn2cccnc12. The number of rotatable bonds is 3. The number of amides is 1. The van der Waals surface area contributed by atoms with Crippen molar-refractivity contribution >= 4 is 17.4 Å². The summed E-state index contributed by atoms with van der Waals surface area (Å²) in [4.78, 5) is 26.9.